The highest BCUT2D eigenvalue weighted by Crippen LogP contribution is 2.42. The monoisotopic (exact) mass is 224 g/mol. The summed E-state index contributed by atoms with van der Waals surface area (Å²) in [5.74, 6) is 0.257. The van der Waals surface area contributed by atoms with E-state index in [1.54, 1.807) is 0 Å². The number of hydrogen-bond acceptors (Lipinski definition) is 2. The molecule has 0 bridgehead atoms. The summed E-state index contributed by atoms with van der Waals surface area (Å²) in [6.07, 6.45) is 7.67. The quantitative estimate of drug-likeness (QED) is 0.746. The van der Waals surface area contributed by atoms with Gasteiger partial charge in [0.2, 0.25) is 5.91 Å². The molecule has 2 aliphatic carbocycles. The summed E-state index contributed by atoms with van der Waals surface area (Å²) in [6, 6.07) is 0.540. The van der Waals surface area contributed by atoms with Crippen LogP contribution in [0.15, 0.2) is 0 Å². The number of nitrogens with zero attached hydrogens (tertiary/aromatic N) is 1. The molecule has 16 heavy (non-hydrogen) atoms. The second-order valence-corrected chi connectivity index (χ2v) is 5.55. The predicted octanol–water partition coefficient (Wildman–Crippen LogP) is 1.78. The third-order valence-electron chi connectivity index (χ3n) is 4.43. The molecule has 0 aromatic carbocycles. The first-order valence-electron chi connectivity index (χ1n) is 6.63. The minimum atomic E-state index is 0.257. The average molecular weight is 224 g/mol. The van der Waals surface area contributed by atoms with E-state index in [0.29, 0.717) is 18.0 Å². The minimum Gasteiger partial charge on any atom is -0.342 e. The summed E-state index contributed by atoms with van der Waals surface area (Å²) in [5.41, 5.74) is 0.512. The van der Waals surface area contributed by atoms with Gasteiger partial charge in [0.1, 0.15) is 0 Å². The van der Waals surface area contributed by atoms with Crippen molar-refractivity contribution >= 4 is 5.91 Å². The summed E-state index contributed by atoms with van der Waals surface area (Å²) in [5, 5.41) is 3.35. The maximum atomic E-state index is 11.8. The Bertz CT molecular complexity index is 251. The summed E-state index contributed by atoms with van der Waals surface area (Å²) >= 11 is 0. The third kappa shape index (κ3) is 2.57. The predicted molar refractivity (Wildman–Crippen MR) is 65.2 cm³/mol. The zero-order valence-corrected chi connectivity index (χ0v) is 10.6. The van der Waals surface area contributed by atoms with Crippen molar-refractivity contribution in [2.75, 3.05) is 20.1 Å². The Labute approximate surface area is 98.6 Å². The van der Waals surface area contributed by atoms with Crippen LogP contribution in [-0.2, 0) is 4.79 Å². The molecule has 0 aromatic heterocycles. The molecule has 92 valence electrons. The van der Waals surface area contributed by atoms with Gasteiger partial charge in [-0.2, -0.15) is 0 Å². The fraction of sp³-hybridized carbons (Fsp3) is 0.923. The van der Waals surface area contributed by atoms with E-state index in [1.807, 2.05) is 11.9 Å². The molecule has 1 amide bonds. The third-order valence-corrected chi connectivity index (χ3v) is 4.43. The van der Waals surface area contributed by atoms with E-state index in [0.717, 1.165) is 6.54 Å². The number of carbonyl (C=O) groups excluding carboxylic acids is 1. The van der Waals surface area contributed by atoms with Crippen molar-refractivity contribution in [1.29, 1.82) is 0 Å². The van der Waals surface area contributed by atoms with Crippen molar-refractivity contribution in [3.8, 4) is 0 Å². The van der Waals surface area contributed by atoms with Crippen LogP contribution >= 0.6 is 0 Å². The van der Waals surface area contributed by atoms with Gasteiger partial charge in [0.15, 0.2) is 0 Å². The molecule has 0 heterocycles. The van der Waals surface area contributed by atoms with Gasteiger partial charge in [0.05, 0.1) is 6.54 Å². The molecule has 0 aliphatic heterocycles. The Morgan fingerprint density at radius 3 is 2.56 bits per heavy atom. The SMILES string of the molecule is CCC1(CNCC(=O)N(C)C2CC2)CCC1. The molecule has 0 radical (unpaired) electrons. The molecule has 1 N–H and O–H groups in total. The van der Waals surface area contributed by atoms with Crippen molar-refractivity contribution < 1.29 is 4.79 Å². The van der Waals surface area contributed by atoms with E-state index in [2.05, 4.69) is 12.2 Å². The van der Waals surface area contributed by atoms with Gasteiger partial charge in [-0.05, 0) is 37.5 Å². The van der Waals surface area contributed by atoms with Crippen LogP contribution in [0.3, 0.4) is 0 Å². The van der Waals surface area contributed by atoms with Gasteiger partial charge in [0.25, 0.3) is 0 Å². The molecule has 0 unspecified atom stereocenters. The molecule has 2 rings (SSSR count). The molecule has 0 aromatic rings. The Morgan fingerprint density at radius 2 is 2.12 bits per heavy atom. The lowest BCUT2D eigenvalue weighted by Crippen LogP contribution is -2.44. The number of amides is 1. The lowest BCUT2D eigenvalue weighted by atomic mass is 9.67. The van der Waals surface area contributed by atoms with Gasteiger partial charge >= 0.3 is 0 Å². The van der Waals surface area contributed by atoms with Crippen LogP contribution in [0, 0.1) is 5.41 Å². The lowest BCUT2D eigenvalue weighted by molar-refractivity contribution is -0.129. The largest absolute Gasteiger partial charge is 0.342 e. The van der Waals surface area contributed by atoms with Crippen LogP contribution < -0.4 is 5.32 Å². The number of rotatable bonds is 6. The van der Waals surface area contributed by atoms with Gasteiger partial charge in [-0.25, -0.2) is 0 Å². The van der Waals surface area contributed by atoms with Crippen LogP contribution in [0.1, 0.15) is 45.4 Å². The second kappa shape index (κ2) is 4.74. The first-order valence-corrected chi connectivity index (χ1v) is 6.63. The zero-order valence-electron chi connectivity index (χ0n) is 10.6. The number of hydrogen-bond donors (Lipinski definition) is 1. The van der Waals surface area contributed by atoms with Crippen molar-refractivity contribution in [2.45, 2.75) is 51.5 Å². The molecule has 2 saturated carbocycles. The Balaban J connectivity index is 1.65. The highest BCUT2D eigenvalue weighted by atomic mass is 16.2. The maximum Gasteiger partial charge on any atom is 0.236 e. The van der Waals surface area contributed by atoms with Crippen molar-refractivity contribution in [3.63, 3.8) is 0 Å². The first kappa shape index (κ1) is 11.9. The smallest absolute Gasteiger partial charge is 0.236 e. The summed E-state index contributed by atoms with van der Waals surface area (Å²) in [6.45, 7) is 3.81. The minimum absolute atomic E-state index is 0.257. The normalized spacial score (nSPS) is 22.6. The summed E-state index contributed by atoms with van der Waals surface area (Å²) in [7, 11) is 1.93. The molecular formula is C13H24N2O. The van der Waals surface area contributed by atoms with Gasteiger partial charge in [-0.15, -0.1) is 0 Å². The van der Waals surface area contributed by atoms with E-state index in [9.17, 15) is 4.79 Å². The zero-order chi connectivity index (χ0) is 11.6. The molecule has 0 saturated heterocycles. The van der Waals surface area contributed by atoms with E-state index >= 15 is 0 Å². The van der Waals surface area contributed by atoms with Crippen molar-refractivity contribution in [2.24, 2.45) is 5.41 Å². The average Bonchev–Trinajstić information content (AvgIpc) is 3.04. The maximum absolute atomic E-state index is 11.8. The fourth-order valence-corrected chi connectivity index (χ4v) is 2.56. The number of nitrogens with one attached hydrogen (secondary N) is 1. The van der Waals surface area contributed by atoms with Crippen LogP contribution in [-0.4, -0.2) is 37.0 Å². The highest BCUT2D eigenvalue weighted by molar-refractivity contribution is 5.78. The van der Waals surface area contributed by atoms with Crippen LogP contribution in [0.25, 0.3) is 0 Å². The lowest BCUT2D eigenvalue weighted by Gasteiger charge is -2.41. The van der Waals surface area contributed by atoms with Crippen LogP contribution in [0.2, 0.25) is 0 Å². The van der Waals surface area contributed by atoms with E-state index in [-0.39, 0.29) is 5.91 Å². The number of likely N-dealkylation sites (N-methyl/N-ethyl adjacent to an activating group) is 1. The topological polar surface area (TPSA) is 32.3 Å². The molecular weight excluding hydrogens is 200 g/mol. The standard InChI is InChI=1S/C13H24N2O/c1-3-13(7-4-8-13)10-14-9-12(16)15(2)11-5-6-11/h11,14H,3-10H2,1-2H3. The van der Waals surface area contributed by atoms with E-state index in [1.165, 1.54) is 38.5 Å². The second-order valence-electron chi connectivity index (χ2n) is 5.55. The number of carbonyl (C=O) groups is 1. The Kier molecular flexibility index (Phi) is 3.53. The van der Waals surface area contributed by atoms with Gasteiger partial charge < -0.3 is 10.2 Å². The fourth-order valence-electron chi connectivity index (χ4n) is 2.56. The molecule has 0 spiro atoms. The van der Waals surface area contributed by atoms with E-state index in [4.69, 9.17) is 0 Å². The summed E-state index contributed by atoms with van der Waals surface area (Å²) < 4.78 is 0. The van der Waals surface area contributed by atoms with E-state index < -0.39 is 0 Å². The highest BCUT2D eigenvalue weighted by Gasteiger charge is 2.35. The van der Waals surface area contributed by atoms with Gasteiger partial charge in [-0.3, -0.25) is 4.79 Å². The van der Waals surface area contributed by atoms with Crippen LogP contribution in [0.5, 0.6) is 0 Å². The summed E-state index contributed by atoms with van der Waals surface area (Å²) in [4.78, 5) is 13.7. The molecule has 3 nitrogen and oxygen atoms in total. The van der Waals surface area contributed by atoms with Crippen molar-refractivity contribution in [3.05, 3.63) is 0 Å². The van der Waals surface area contributed by atoms with Gasteiger partial charge in [-0.1, -0.05) is 13.3 Å². The van der Waals surface area contributed by atoms with Crippen LogP contribution in [0.4, 0.5) is 0 Å². The Hall–Kier alpha value is -0.570. The van der Waals surface area contributed by atoms with Gasteiger partial charge in [0, 0.05) is 19.6 Å². The molecule has 3 heteroatoms. The molecule has 0 atom stereocenters. The first-order chi connectivity index (χ1) is 7.67. The van der Waals surface area contributed by atoms with Crippen molar-refractivity contribution in [1.82, 2.24) is 10.2 Å². The molecule has 2 fully saturated rings. The molecule has 2 aliphatic rings. The Morgan fingerprint density at radius 1 is 1.44 bits per heavy atom.